The zero-order chi connectivity index (χ0) is 19.4. The van der Waals surface area contributed by atoms with Crippen LogP contribution in [-0.2, 0) is 4.79 Å². The van der Waals surface area contributed by atoms with E-state index in [0.29, 0.717) is 29.0 Å². The highest BCUT2D eigenvalue weighted by Gasteiger charge is 2.16. The topological polar surface area (TPSA) is 80.9 Å². The Labute approximate surface area is 156 Å². The van der Waals surface area contributed by atoms with Gasteiger partial charge in [0, 0.05) is 12.3 Å². The van der Waals surface area contributed by atoms with E-state index in [0.717, 1.165) is 5.56 Å². The van der Waals surface area contributed by atoms with E-state index in [1.54, 1.807) is 12.1 Å². The van der Waals surface area contributed by atoms with Crippen molar-refractivity contribution in [2.75, 3.05) is 6.61 Å². The molecule has 3 rings (SSSR count). The number of carbonyl (C=O) groups excluding carboxylic acids is 2. The minimum Gasteiger partial charge on any atom is -0.490 e. The summed E-state index contributed by atoms with van der Waals surface area (Å²) in [6.45, 7) is 5.56. The number of benzene rings is 2. The van der Waals surface area contributed by atoms with Gasteiger partial charge in [0.2, 0.25) is 11.5 Å². The quantitative estimate of drug-likeness (QED) is 0.766. The zero-order valence-electron chi connectivity index (χ0n) is 15.4. The molecule has 3 aromatic rings. The molecule has 138 valence electrons. The third-order valence-corrected chi connectivity index (χ3v) is 3.91. The SMILES string of the molecule is CCOc1cccc2cc(C(=O)NC(C)=O)c(=Nc3ccccc3C)oc12. The summed E-state index contributed by atoms with van der Waals surface area (Å²) in [4.78, 5) is 28.4. The summed E-state index contributed by atoms with van der Waals surface area (Å²) in [6, 6.07) is 14.6. The first-order valence-corrected chi connectivity index (χ1v) is 8.61. The molecule has 0 aliphatic heterocycles. The Morgan fingerprint density at radius 1 is 1.15 bits per heavy atom. The standard InChI is InChI=1S/C21H20N2O4/c1-4-26-18-11-7-9-15-12-16(20(25)22-14(3)24)21(27-19(15)18)23-17-10-6-5-8-13(17)2/h5-12H,4H2,1-3H3,(H,22,24,25). The average Bonchev–Trinajstić information content (AvgIpc) is 2.63. The summed E-state index contributed by atoms with van der Waals surface area (Å²) in [7, 11) is 0. The minimum atomic E-state index is -0.567. The Balaban J connectivity index is 2.30. The van der Waals surface area contributed by atoms with Crippen LogP contribution in [0.3, 0.4) is 0 Å². The van der Waals surface area contributed by atoms with E-state index in [2.05, 4.69) is 10.3 Å². The lowest BCUT2D eigenvalue weighted by atomic mass is 10.1. The van der Waals surface area contributed by atoms with Gasteiger partial charge in [-0.05, 0) is 37.6 Å². The van der Waals surface area contributed by atoms with Crippen LogP contribution in [0.25, 0.3) is 11.0 Å². The Hall–Kier alpha value is -3.41. The number of amides is 2. The lowest BCUT2D eigenvalue weighted by Crippen LogP contribution is -2.32. The van der Waals surface area contributed by atoms with Crippen molar-refractivity contribution < 1.29 is 18.7 Å². The smallest absolute Gasteiger partial charge is 0.263 e. The molecule has 0 saturated heterocycles. The summed E-state index contributed by atoms with van der Waals surface area (Å²) >= 11 is 0. The number of imide groups is 1. The van der Waals surface area contributed by atoms with Gasteiger partial charge in [0.1, 0.15) is 5.56 Å². The number of para-hydroxylation sites is 2. The average molecular weight is 364 g/mol. The van der Waals surface area contributed by atoms with Crippen molar-refractivity contribution in [2.24, 2.45) is 4.99 Å². The highest BCUT2D eigenvalue weighted by atomic mass is 16.5. The van der Waals surface area contributed by atoms with Crippen LogP contribution in [0.15, 0.2) is 57.9 Å². The number of carbonyl (C=O) groups is 2. The number of nitrogens with one attached hydrogen (secondary N) is 1. The van der Waals surface area contributed by atoms with Crippen molar-refractivity contribution in [3.05, 3.63) is 65.2 Å². The maximum Gasteiger partial charge on any atom is 0.263 e. The summed E-state index contributed by atoms with van der Waals surface area (Å²) < 4.78 is 11.6. The normalized spacial score (nSPS) is 11.4. The van der Waals surface area contributed by atoms with Crippen LogP contribution in [0.1, 0.15) is 29.8 Å². The number of hydrogen-bond donors (Lipinski definition) is 1. The minimum absolute atomic E-state index is 0.114. The van der Waals surface area contributed by atoms with E-state index in [9.17, 15) is 9.59 Å². The Morgan fingerprint density at radius 2 is 1.93 bits per heavy atom. The highest BCUT2D eigenvalue weighted by molar-refractivity contribution is 6.05. The summed E-state index contributed by atoms with van der Waals surface area (Å²) in [5.41, 5.74) is 2.39. The molecular weight excluding hydrogens is 344 g/mol. The fraction of sp³-hybridized carbons (Fsp3) is 0.190. The molecule has 0 bridgehead atoms. The lowest BCUT2D eigenvalue weighted by Gasteiger charge is -2.09. The summed E-state index contributed by atoms with van der Waals surface area (Å²) in [5, 5.41) is 2.95. The van der Waals surface area contributed by atoms with E-state index in [1.807, 2.05) is 50.2 Å². The second-order valence-electron chi connectivity index (χ2n) is 5.98. The fourth-order valence-corrected chi connectivity index (χ4v) is 2.66. The van der Waals surface area contributed by atoms with E-state index in [1.165, 1.54) is 6.92 Å². The van der Waals surface area contributed by atoms with Crippen molar-refractivity contribution in [2.45, 2.75) is 20.8 Å². The molecule has 0 spiro atoms. The van der Waals surface area contributed by atoms with Crippen molar-refractivity contribution in [3.63, 3.8) is 0 Å². The van der Waals surface area contributed by atoms with E-state index >= 15 is 0 Å². The maximum atomic E-state index is 12.5. The Kier molecular flexibility index (Phi) is 5.35. The molecule has 1 N–H and O–H groups in total. The summed E-state index contributed by atoms with van der Waals surface area (Å²) in [5.74, 6) is -0.456. The molecule has 0 saturated carbocycles. The van der Waals surface area contributed by atoms with Gasteiger partial charge in [-0.3, -0.25) is 14.9 Å². The number of rotatable bonds is 4. The van der Waals surface area contributed by atoms with Gasteiger partial charge in [-0.15, -0.1) is 0 Å². The molecule has 0 aliphatic rings. The zero-order valence-corrected chi connectivity index (χ0v) is 15.4. The lowest BCUT2D eigenvalue weighted by molar-refractivity contribution is -0.118. The summed E-state index contributed by atoms with van der Waals surface area (Å²) in [6.07, 6.45) is 0. The van der Waals surface area contributed by atoms with Crippen LogP contribution in [0.5, 0.6) is 5.75 Å². The van der Waals surface area contributed by atoms with Gasteiger partial charge >= 0.3 is 0 Å². The molecule has 2 aromatic carbocycles. The third-order valence-electron chi connectivity index (χ3n) is 3.91. The fourth-order valence-electron chi connectivity index (χ4n) is 2.66. The van der Waals surface area contributed by atoms with Crippen molar-refractivity contribution in [1.29, 1.82) is 0 Å². The van der Waals surface area contributed by atoms with Gasteiger partial charge < -0.3 is 9.15 Å². The second-order valence-corrected chi connectivity index (χ2v) is 5.98. The van der Waals surface area contributed by atoms with Crippen LogP contribution >= 0.6 is 0 Å². The first kappa shape index (κ1) is 18.4. The number of aryl methyl sites for hydroxylation is 1. The van der Waals surface area contributed by atoms with Gasteiger partial charge in [-0.1, -0.05) is 30.3 Å². The molecule has 6 heteroatoms. The number of ether oxygens (including phenoxy) is 1. The van der Waals surface area contributed by atoms with Crippen LogP contribution in [0, 0.1) is 6.92 Å². The number of fused-ring (bicyclic) bond motifs is 1. The molecular formula is C21H20N2O4. The molecule has 1 heterocycles. The van der Waals surface area contributed by atoms with E-state index in [-0.39, 0.29) is 11.1 Å². The van der Waals surface area contributed by atoms with E-state index in [4.69, 9.17) is 9.15 Å². The number of nitrogens with zero attached hydrogens (tertiary/aromatic N) is 1. The van der Waals surface area contributed by atoms with Crippen LogP contribution < -0.4 is 15.6 Å². The van der Waals surface area contributed by atoms with Crippen LogP contribution in [0.2, 0.25) is 0 Å². The van der Waals surface area contributed by atoms with E-state index < -0.39 is 11.8 Å². The van der Waals surface area contributed by atoms with Crippen LogP contribution in [-0.4, -0.2) is 18.4 Å². The van der Waals surface area contributed by atoms with Crippen LogP contribution in [0.4, 0.5) is 5.69 Å². The first-order chi connectivity index (χ1) is 13.0. The molecule has 0 atom stereocenters. The number of hydrogen-bond acceptors (Lipinski definition) is 5. The molecule has 0 fully saturated rings. The van der Waals surface area contributed by atoms with Crippen molar-refractivity contribution in [3.8, 4) is 5.75 Å². The molecule has 0 radical (unpaired) electrons. The molecule has 2 amide bonds. The van der Waals surface area contributed by atoms with Crippen molar-refractivity contribution in [1.82, 2.24) is 5.32 Å². The predicted octanol–water partition coefficient (Wildman–Crippen LogP) is 3.65. The maximum absolute atomic E-state index is 12.5. The van der Waals surface area contributed by atoms with Gasteiger partial charge in [0.05, 0.1) is 12.3 Å². The third kappa shape index (κ3) is 4.06. The Morgan fingerprint density at radius 3 is 2.63 bits per heavy atom. The molecule has 6 nitrogen and oxygen atoms in total. The monoisotopic (exact) mass is 364 g/mol. The van der Waals surface area contributed by atoms with Gasteiger partial charge in [-0.2, -0.15) is 0 Å². The first-order valence-electron chi connectivity index (χ1n) is 8.61. The van der Waals surface area contributed by atoms with Gasteiger partial charge in [-0.25, -0.2) is 4.99 Å². The van der Waals surface area contributed by atoms with Crippen molar-refractivity contribution >= 4 is 28.5 Å². The molecule has 0 aliphatic carbocycles. The Bertz CT molecular complexity index is 1080. The second kappa shape index (κ2) is 7.86. The predicted molar refractivity (Wildman–Crippen MR) is 102 cm³/mol. The molecule has 0 unspecified atom stereocenters. The van der Waals surface area contributed by atoms with Gasteiger partial charge in [0.15, 0.2) is 11.3 Å². The molecule has 27 heavy (non-hydrogen) atoms. The van der Waals surface area contributed by atoms with Gasteiger partial charge in [0.25, 0.3) is 5.91 Å². The highest BCUT2D eigenvalue weighted by Crippen LogP contribution is 2.25. The molecule has 1 aromatic heterocycles. The largest absolute Gasteiger partial charge is 0.490 e.